The minimum Gasteiger partial charge on any atom is -0.389 e. The third-order valence-corrected chi connectivity index (χ3v) is 4.00. The Hall–Kier alpha value is -1.72. The molecule has 0 spiro atoms. The molecule has 5 heteroatoms. The first-order valence-electron chi connectivity index (χ1n) is 7.21. The molecule has 110 valence electrons. The number of nitrogens with two attached hydrogens (primary N) is 1. The first kappa shape index (κ1) is 14.2. The van der Waals surface area contributed by atoms with E-state index in [4.69, 9.17) is 22.7 Å². The highest BCUT2D eigenvalue weighted by atomic mass is 32.1. The lowest BCUT2D eigenvalue weighted by Crippen LogP contribution is -2.32. The molecule has 1 aliphatic rings. The van der Waals surface area contributed by atoms with E-state index in [9.17, 15) is 0 Å². The van der Waals surface area contributed by atoms with Crippen molar-refractivity contribution in [1.29, 1.82) is 0 Å². The van der Waals surface area contributed by atoms with Crippen LogP contribution in [0.15, 0.2) is 30.5 Å². The van der Waals surface area contributed by atoms with Gasteiger partial charge in [0.05, 0.1) is 22.9 Å². The van der Waals surface area contributed by atoms with Gasteiger partial charge in [0.2, 0.25) is 0 Å². The van der Waals surface area contributed by atoms with Crippen LogP contribution in [-0.2, 0) is 4.74 Å². The number of benzene rings is 1. The second-order valence-corrected chi connectivity index (χ2v) is 5.82. The predicted octanol–water partition coefficient (Wildman–Crippen LogP) is 2.48. The van der Waals surface area contributed by atoms with Crippen LogP contribution in [0.3, 0.4) is 0 Å². The molecule has 1 atom stereocenters. The van der Waals surface area contributed by atoms with E-state index in [1.54, 1.807) is 6.20 Å². The number of aromatic nitrogens is 1. The van der Waals surface area contributed by atoms with Crippen molar-refractivity contribution >= 4 is 33.8 Å². The molecule has 0 bridgehead atoms. The molecule has 0 saturated carbocycles. The van der Waals surface area contributed by atoms with Crippen molar-refractivity contribution in [2.45, 2.75) is 19.4 Å². The fourth-order valence-corrected chi connectivity index (χ4v) is 2.99. The molecule has 1 saturated heterocycles. The molecule has 0 amide bonds. The number of hydrogen-bond donors (Lipinski definition) is 1. The van der Waals surface area contributed by atoms with Gasteiger partial charge < -0.3 is 15.4 Å². The Bertz CT molecular complexity index is 674. The highest BCUT2D eigenvalue weighted by Gasteiger charge is 2.21. The summed E-state index contributed by atoms with van der Waals surface area (Å²) in [6.07, 6.45) is 2.98. The lowest BCUT2D eigenvalue weighted by Gasteiger charge is -2.27. The predicted molar refractivity (Wildman–Crippen MR) is 89.9 cm³/mol. The SMILES string of the molecule is CC1CN(c2c(C(N)=S)cnc3ccccc23)CCCO1. The van der Waals surface area contributed by atoms with E-state index < -0.39 is 0 Å². The quantitative estimate of drug-likeness (QED) is 0.864. The topological polar surface area (TPSA) is 51.4 Å². The van der Waals surface area contributed by atoms with Crippen LogP contribution in [-0.4, -0.2) is 35.8 Å². The molecule has 0 radical (unpaired) electrons. The van der Waals surface area contributed by atoms with Crippen molar-refractivity contribution in [2.75, 3.05) is 24.6 Å². The van der Waals surface area contributed by atoms with Gasteiger partial charge in [0.25, 0.3) is 0 Å². The minimum absolute atomic E-state index is 0.193. The molecule has 4 nitrogen and oxygen atoms in total. The van der Waals surface area contributed by atoms with Gasteiger partial charge in [-0.1, -0.05) is 30.4 Å². The van der Waals surface area contributed by atoms with Crippen LogP contribution in [0.25, 0.3) is 10.9 Å². The summed E-state index contributed by atoms with van der Waals surface area (Å²) in [5, 5.41) is 1.09. The van der Waals surface area contributed by atoms with Gasteiger partial charge >= 0.3 is 0 Å². The van der Waals surface area contributed by atoms with Gasteiger partial charge in [0.15, 0.2) is 0 Å². The van der Waals surface area contributed by atoms with Crippen LogP contribution in [0, 0.1) is 0 Å². The number of rotatable bonds is 2. The number of nitrogens with zero attached hydrogens (tertiary/aromatic N) is 2. The van der Waals surface area contributed by atoms with Crippen molar-refractivity contribution in [3.63, 3.8) is 0 Å². The number of fused-ring (bicyclic) bond motifs is 1. The fourth-order valence-electron chi connectivity index (χ4n) is 2.85. The molecular weight excluding hydrogens is 282 g/mol. The summed E-state index contributed by atoms with van der Waals surface area (Å²) in [6, 6.07) is 8.11. The lowest BCUT2D eigenvalue weighted by atomic mass is 10.1. The molecular formula is C16H19N3OS. The molecule has 2 heterocycles. The Labute approximate surface area is 129 Å². The number of thiocarbonyl (C=S) groups is 1. The van der Waals surface area contributed by atoms with E-state index in [0.717, 1.165) is 48.3 Å². The van der Waals surface area contributed by atoms with Gasteiger partial charge in [-0.25, -0.2) is 0 Å². The Morgan fingerprint density at radius 1 is 1.43 bits per heavy atom. The number of pyridine rings is 1. The Morgan fingerprint density at radius 2 is 2.24 bits per heavy atom. The average molecular weight is 301 g/mol. The van der Waals surface area contributed by atoms with Crippen LogP contribution in [0.4, 0.5) is 5.69 Å². The molecule has 21 heavy (non-hydrogen) atoms. The zero-order valence-corrected chi connectivity index (χ0v) is 12.9. The van der Waals surface area contributed by atoms with E-state index >= 15 is 0 Å². The molecule has 0 aliphatic carbocycles. The maximum atomic E-state index is 5.92. The third-order valence-electron chi connectivity index (χ3n) is 3.78. The first-order valence-corrected chi connectivity index (χ1v) is 7.61. The molecule has 2 N–H and O–H groups in total. The monoisotopic (exact) mass is 301 g/mol. The highest BCUT2D eigenvalue weighted by Crippen LogP contribution is 2.30. The van der Waals surface area contributed by atoms with E-state index in [0.29, 0.717) is 4.99 Å². The summed E-state index contributed by atoms with van der Waals surface area (Å²) in [5.74, 6) is 0. The second kappa shape index (κ2) is 5.95. The molecule has 1 unspecified atom stereocenters. The molecule has 1 aromatic carbocycles. The maximum Gasteiger partial charge on any atom is 0.107 e. The van der Waals surface area contributed by atoms with Gasteiger partial charge in [-0.2, -0.15) is 0 Å². The van der Waals surface area contributed by atoms with Crippen molar-refractivity contribution in [3.05, 3.63) is 36.0 Å². The second-order valence-electron chi connectivity index (χ2n) is 5.38. The van der Waals surface area contributed by atoms with Gasteiger partial charge in [0.1, 0.15) is 4.99 Å². The smallest absolute Gasteiger partial charge is 0.107 e. The number of para-hydroxylation sites is 1. The number of ether oxygens (including phenoxy) is 1. The third kappa shape index (κ3) is 2.84. The Balaban J connectivity index is 2.17. The number of hydrogen-bond acceptors (Lipinski definition) is 4. The standard InChI is InChI=1S/C16H19N3OS/c1-11-10-19(7-4-8-20-11)15-12-5-2-3-6-14(12)18-9-13(15)16(17)21/h2-3,5-6,9,11H,4,7-8,10H2,1H3,(H2,17,21). The summed E-state index contributed by atoms with van der Waals surface area (Å²) in [7, 11) is 0. The fraction of sp³-hybridized carbons (Fsp3) is 0.375. The van der Waals surface area contributed by atoms with Gasteiger partial charge in [0, 0.05) is 31.3 Å². The molecule has 3 rings (SSSR count). The van der Waals surface area contributed by atoms with Gasteiger partial charge in [-0.05, 0) is 19.4 Å². The van der Waals surface area contributed by atoms with E-state index in [2.05, 4.69) is 22.9 Å². The zero-order valence-electron chi connectivity index (χ0n) is 12.1. The average Bonchev–Trinajstić information content (AvgIpc) is 2.70. The molecule has 1 aliphatic heterocycles. The summed E-state index contributed by atoms with van der Waals surface area (Å²) in [6.45, 7) is 4.67. The van der Waals surface area contributed by atoms with Crippen molar-refractivity contribution in [2.24, 2.45) is 5.73 Å². The van der Waals surface area contributed by atoms with Crippen LogP contribution < -0.4 is 10.6 Å². The zero-order chi connectivity index (χ0) is 14.8. The normalized spacial score (nSPS) is 19.5. The lowest BCUT2D eigenvalue weighted by molar-refractivity contribution is 0.0821. The van der Waals surface area contributed by atoms with E-state index in [-0.39, 0.29) is 6.10 Å². The number of anilines is 1. The van der Waals surface area contributed by atoms with Crippen molar-refractivity contribution in [3.8, 4) is 0 Å². The Morgan fingerprint density at radius 3 is 3.05 bits per heavy atom. The molecule has 1 fully saturated rings. The summed E-state index contributed by atoms with van der Waals surface area (Å²) >= 11 is 5.22. The van der Waals surface area contributed by atoms with Crippen LogP contribution in [0.2, 0.25) is 0 Å². The highest BCUT2D eigenvalue weighted by molar-refractivity contribution is 7.80. The maximum absolute atomic E-state index is 5.92. The van der Waals surface area contributed by atoms with E-state index in [1.807, 2.05) is 18.2 Å². The van der Waals surface area contributed by atoms with Gasteiger partial charge in [-0.3, -0.25) is 4.98 Å². The van der Waals surface area contributed by atoms with E-state index in [1.165, 1.54) is 0 Å². The molecule has 2 aromatic rings. The summed E-state index contributed by atoms with van der Waals surface area (Å²) < 4.78 is 5.75. The van der Waals surface area contributed by atoms with Crippen LogP contribution in [0.1, 0.15) is 18.9 Å². The first-order chi connectivity index (χ1) is 10.2. The Kier molecular flexibility index (Phi) is 4.03. The van der Waals surface area contributed by atoms with Crippen molar-refractivity contribution in [1.82, 2.24) is 4.98 Å². The van der Waals surface area contributed by atoms with Gasteiger partial charge in [-0.15, -0.1) is 0 Å². The minimum atomic E-state index is 0.193. The molecule has 1 aromatic heterocycles. The van der Waals surface area contributed by atoms with Crippen LogP contribution >= 0.6 is 12.2 Å². The van der Waals surface area contributed by atoms with Crippen LogP contribution in [0.5, 0.6) is 0 Å². The summed E-state index contributed by atoms with van der Waals surface area (Å²) in [5.41, 5.74) is 8.82. The largest absolute Gasteiger partial charge is 0.389 e. The summed E-state index contributed by atoms with van der Waals surface area (Å²) in [4.78, 5) is 7.19. The van der Waals surface area contributed by atoms with Crippen molar-refractivity contribution < 1.29 is 4.74 Å².